The highest BCUT2D eigenvalue weighted by atomic mass is 32.2. The van der Waals surface area contributed by atoms with Crippen LogP contribution in [0.3, 0.4) is 0 Å². The Hall–Kier alpha value is -1.16. The van der Waals surface area contributed by atoms with Gasteiger partial charge in [0.2, 0.25) is 0 Å². The van der Waals surface area contributed by atoms with Crippen LogP contribution in [0.2, 0.25) is 0 Å². The number of hydrogen-bond donors (Lipinski definition) is 1. The highest BCUT2D eigenvalue weighted by Crippen LogP contribution is 2.32. The van der Waals surface area contributed by atoms with Gasteiger partial charge in [-0.15, -0.1) is 11.8 Å². The maximum Gasteiger partial charge on any atom is 0.119 e. The molecule has 1 aromatic rings. The summed E-state index contributed by atoms with van der Waals surface area (Å²) in [6.45, 7) is 0. The summed E-state index contributed by atoms with van der Waals surface area (Å²) in [5.74, 6) is 1.77. The van der Waals surface area contributed by atoms with Crippen LogP contribution in [0, 0.1) is 0 Å². The summed E-state index contributed by atoms with van der Waals surface area (Å²) < 4.78 is 5.13. The Labute approximate surface area is 86.8 Å². The average Bonchev–Trinajstić information content (AvgIpc) is 2.27. The molecule has 1 aliphatic rings. The van der Waals surface area contributed by atoms with Crippen molar-refractivity contribution >= 4 is 17.5 Å². The second-order valence-corrected chi connectivity index (χ2v) is 4.14. The van der Waals surface area contributed by atoms with Crippen LogP contribution < -0.4 is 4.74 Å². The van der Waals surface area contributed by atoms with Gasteiger partial charge in [0, 0.05) is 22.6 Å². The highest BCUT2D eigenvalue weighted by Gasteiger charge is 2.16. The number of fused-ring (bicyclic) bond motifs is 1. The molecule has 1 aromatic carbocycles. The fourth-order valence-electron chi connectivity index (χ4n) is 1.48. The maximum atomic E-state index is 8.84. The van der Waals surface area contributed by atoms with Crippen molar-refractivity contribution in [2.24, 2.45) is 5.16 Å². The molecular formula is C10H11NO2S. The Morgan fingerprint density at radius 1 is 1.50 bits per heavy atom. The van der Waals surface area contributed by atoms with Crippen molar-refractivity contribution in [3.8, 4) is 5.75 Å². The van der Waals surface area contributed by atoms with Crippen molar-refractivity contribution in [1.82, 2.24) is 0 Å². The zero-order chi connectivity index (χ0) is 9.97. The van der Waals surface area contributed by atoms with E-state index < -0.39 is 0 Å². The topological polar surface area (TPSA) is 41.8 Å². The third-order valence-electron chi connectivity index (χ3n) is 2.21. The SMILES string of the molecule is COc1ccc2c(c1)C(=NO)CCS2. The van der Waals surface area contributed by atoms with Gasteiger partial charge in [-0.3, -0.25) is 0 Å². The molecule has 3 nitrogen and oxygen atoms in total. The summed E-state index contributed by atoms with van der Waals surface area (Å²) in [5.41, 5.74) is 1.74. The van der Waals surface area contributed by atoms with Crippen LogP contribution in [0.1, 0.15) is 12.0 Å². The first-order chi connectivity index (χ1) is 6.85. The van der Waals surface area contributed by atoms with Gasteiger partial charge in [0.15, 0.2) is 0 Å². The molecule has 0 radical (unpaired) electrons. The first kappa shape index (κ1) is 9.40. The third-order valence-corrected chi connectivity index (χ3v) is 3.29. The van der Waals surface area contributed by atoms with Gasteiger partial charge in [-0.2, -0.15) is 0 Å². The molecule has 1 heterocycles. The van der Waals surface area contributed by atoms with E-state index in [9.17, 15) is 0 Å². The lowest BCUT2D eigenvalue weighted by Crippen LogP contribution is -2.09. The zero-order valence-corrected chi connectivity index (χ0v) is 8.67. The zero-order valence-electron chi connectivity index (χ0n) is 7.86. The van der Waals surface area contributed by atoms with Crippen LogP contribution in [0.25, 0.3) is 0 Å². The first-order valence-corrected chi connectivity index (χ1v) is 5.36. The Morgan fingerprint density at radius 2 is 2.36 bits per heavy atom. The number of oxime groups is 1. The van der Waals surface area contributed by atoms with Gasteiger partial charge >= 0.3 is 0 Å². The Balaban J connectivity index is 2.49. The molecule has 0 spiro atoms. The van der Waals surface area contributed by atoms with Gasteiger partial charge in [0.1, 0.15) is 5.75 Å². The standard InChI is InChI=1S/C10H11NO2S/c1-13-7-2-3-10-8(6-7)9(11-12)4-5-14-10/h2-3,6,12H,4-5H2,1H3. The molecule has 0 aliphatic carbocycles. The van der Waals surface area contributed by atoms with Gasteiger partial charge in [-0.25, -0.2) is 0 Å². The summed E-state index contributed by atoms with van der Waals surface area (Å²) in [6, 6.07) is 5.84. The maximum absolute atomic E-state index is 8.84. The van der Waals surface area contributed by atoms with E-state index in [1.165, 1.54) is 0 Å². The summed E-state index contributed by atoms with van der Waals surface area (Å²) in [6.07, 6.45) is 0.807. The second kappa shape index (κ2) is 3.92. The molecule has 0 fully saturated rings. The van der Waals surface area contributed by atoms with E-state index >= 15 is 0 Å². The Bertz CT molecular complexity index is 376. The van der Waals surface area contributed by atoms with Crippen molar-refractivity contribution in [1.29, 1.82) is 0 Å². The molecule has 2 rings (SSSR count). The van der Waals surface area contributed by atoms with Crippen molar-refractivity contribution in [3.63, 3.8) is 0 Å². The molecule has 1 aliphatic heterocycles. The molecule has 0 unspecified atom stereocenters. The number of rotatable bonds is 1. The molecule has 0 amide bonds. The number of ether oxygens (including phenoxy) is 1. The van der Waals surface area contributed by atoms with E-state index in [2.05, 4.69) is 5.16 Å². The van der Waals surface area contributed by atoms with E-state index in [4.69, 9.17) is 9.94 Å². The number of benzene rings is 1. The molecule has 74 valence electrons. The lowest BCUT2D eigenvalue weighted by Gasteiger charge is -2.16. The largest absolute Gasteiger partial charge is 0.497 e. The number of methoxy groups -OCH3 is 1. The van der Waals surface area contributed by atoms with Crippen LogP contribution in [0.15, 0.2) is 28.3 Å². The lowest BCUT2D eigenvalue weighted by molar-refractivity contribution is 0.318. The van der Waals surface area contributed by atoms with Crippen molar-refractivity contribution in [2.75, 3.05) is 12.9 Å². The van der Waals surface area contributed by atoms with E-state index in [0.29, 0.717) is 0 Å². The Kier molecular flexibility index (Phi) is 2.63. The molecule has 14 heavy (non-hydrogen) atoms. The minimum absolute atomic E-state index is 0.748. The normalized spacial score (nSPS) is 17.9. The van der Waals surface area contributed by atoms with Crippen molar-refractivity contribution in [3.05, 3.63) is 23.8 Å². The van der Waals surface area contributed by atoms with Crippen molar-refractivity contribution in [2.45, 2.75) is 11.3 Å². The number of nitrogens with zero attached hydrogens (tertiary/aromatic N) is 1. The van der Waals surface area contributed by atoms with Crippen molar-refractivity contribution < 1.29 is 9.94 Å². The molecule has 4 heteroatoms. The highest BCUT2D eigenvalue weighted by molar-refractivity contribution is 7.99. The number of thioether (sulfide) groups is 1. The fourth-order valence-corrected chi connectivity index (χ4v) is 2.50. The molecule has 0 bridgehead atoms. The molecule has 0 saturated carbocycles. The third kappa shape index (κ3) is 1.57. The van der Waals surface area contributed by atoms with Crippen LogP contribution in [0.5, 0.6) is 5.75 Å². The molecular weight excluding hydrogens is 198 g/mol. The average molecular weight is 209 g/mol. The monoisotopic (exact) mass is 209 g/mol. The van der Waals surface area contributed by atoms with Gasteiger partial charge < -0.3 is 9.94 Å². The fraction of sp³-hybridized carbons (Fsp3) is 0.300. The molecule has 1 N–H and O–H groups in total. The number of hydrogen-bond acceptors (Lipinski definition) is 4. The molecule has 0 atom stereocenters. The predicted molar refractivity (Wildman–Crippen MR) is 56.7 cm³/mol. The van der Waals surface area contributed by atoms with E-state index in [1.54, 1.807) is 18.9 Å². The first-order valence-electron chi connectivity index (χ1n) is 4.37. The van der Waals surface area contributed by atoms with Gasteiger partial charge in [-0.1, -0.05) is 5.16 Å². The summed E-state index contributed by atoms with van der Waals surface area (Å²) in [4.78, 5) is 1.16. The summed E-state index contributed by atoms with van der Waals surface area (Å²) in [7, 11) is 1.63. The van der Waals surface area contributed by atoms with Gasteiger partial charge in [0.05, 0.1) is 12.8 Å². The summed E-state index contributed by atoms with van der Waals surface area (Å²) >= 11 is 1.78. The van der Waals surface area contributed by atoms with Crippen LogP contribution in [-0.2, 0) is 0 Å². The smallest absolute Gasteiger partial charge is 0.119 e. The van der Waals surface area contributed by atoms with Crippen LogP contribution in [-0.4, -0.2) is 23.8 Å². The summed E-state index contributed by atoms with van der Waals surface area (Å²) in [5, 5.41) is 12.2. The molecule has 0 aromatic heterocycles. The van der Waals surface area contributed by atoms with E-state index in [-0.39, 0.29) is 0 Å². The Morgan fingerprint density at radius 3 is 3.07 bits per heavy atom. The second-order valence-electron chi connectivity index (χ2n) is 3.01. The minimum Gasteiger partial charge on any atom is -0.497 e. The molecule has 0 saturated heterocycles. The van der Waals surface area contributed by atoms with Gasteiger partial charge in [0.25, 0.3) is 0 Å². The van der Waals surface area contributed by atoms with Crippen LogP contribution in [0.4, 0.5) is 0 Å². The van der Waals surface area contributed by atoms with E-state index in [1.807, 2.05) is 18.2 Å². The predicted octanol–water partition coefficient (Wildman–Crippen LogP) is 2.37. The lowest BCUT2D eigenvalue weighted by atomic mass is 10.1. The minimum atomic E-state index is 0.748. The van der Waals surface area contributed by atoms with Crippen LogP contribution >= 0.6 is 11.8 Å². The van der Waals surface area contributed by atoms with E-state index in [0.717, 1.165) is 34.1 Å². The van der Waals surface area contributed by atoms with Gasteiger partial charge in [-0.05, 0) is 18.2 Å². The quantitative estimate of drug-likeness (QED) is 0.570.